The van der Waals surface area contributed by atoms with E-state index >= 15 is 0 Å². The van der Waals surface area contributed by atoms with Crippen LogP contribution in [0.15, 0.2) is 60.7 Å². The van der Waals surface area contributed by atoms with Crippen molar-refractivity contribution < 1.29 is 53.2 Å². The van der Waals surface area contributed by atoms with Gasteiger partial charge in [-0.3, -0.25) is 19.2 Å². The van der Waals surface area contributed by atoms with Crippen LogP contribution >= 0.6 is 0 Å². The van der Waals surface area contributed by atoms with Crippen LogP contribution in [0.5, 0.6) is 0 Å². The van der Waals surface area contributed by atoms with Crippen molar-refractivity contribution in [2.24, 2.45) is 11.8 Å². The van der Waals surface area contributed by atoms with E-state index in [1.165, 1.54) is 0 Å². The second kappa shape index (κ2) is 24.0. The van der Waals surface area contributed by atoms with Gasteiger partial charge >= 0.3 is 12.2 Å². The van der Waals surface area contributed by atoms with Crippen LogP contribution in [0.2, 0.25) is 0 Å². The number of hydrogen-bond acceptors (Lipinski definition) is 11. The molecule has 6 amide bonds. The maximum Gasteiger partial charge on any atom is 0.408 e. The summed E-state index contributed by atoms with van der Waals surface area (Å²) in [6.07, 6.45) is -5.93. The molecule has 350 valence electrons. The Labute approximate surface area is 371 Å². The first-order valence-corrected chi connectivity index (χ1v) is 21.6. The lowest BCUT2D eigenvalue weighted by Crippen LogP contribution is -2.56. The van der Waals surface area contributed by atoms with E-state index in [0.717, 1.165) is 11.1 Å². The number of amides is 6. The third-order valence-electron chi connectivity index (χ3n) is 9.68. The number of rotatable bonds is 20. The molecule has 1 saturated heterocycles. The standard InChI is InChI=1S/C46H70N6O11/c1-27(2)21-31(51-43(59)62-45(5,6)7)41(57)49-33(23-29-17-13-11-14-18-29)39(55)47-25-35-37(53)38(54)36(61-35)26-48-40(56)34(24-30-19-15-12-16-20-30)50-42(58)32(22-28(3)4)52-44(60)63-46(8,9)10/h11-20,27-28,31-38,53-54H,21-26H2,1-10H3,(H,47,55)(H,48,56)(H,49,57)(H,50,58)(H,51,59)(H,52,60)/t31-,32-,33-,34-,35-,36-,37+,38+/m0/s1. The number of ether oxygens (including phenoxy) is 3. The summed E-state index contributed by atoms with van der Waals surface area (Å²) in [7, 11) is 0. The van der Waals surface area contributed by atoms with Crippen LogP contribution in [-0.2, 0) is 46.2 Å². The van der Waals surface area contributed by atoms with Gasteiger partial charge in [-0.15, -0.1) is 0 Å². The Morgan fingerprint density at radius 3 is 1.17 bits per heavy atom. The topological polar surface area (TPSA) is 243 Å². The van der Waals surface area contributed by atoms with Crippen molar-refractivity contribution in [1.82, 2.24) is 31.9 Å². The molecule has 1 aliphatic heterocycles. The first-order valence-electron chi connectivity index (χ1n) is 21.6. The molecule has 0 aromatic heterocycles. The maximum atomic E-state index is 13.8. The highest BCUT2D eigenvalue weighted by atomic mass is 16.6. The van der Waals surface area contributed by atoms with Crippen LogP contribution in [0.1, 0.15) is 93.2 Å². The van der Waals surface area contributed by atoms with E-state index in [0.29, 0.717) is 0 Å². The van der Waals surface area contributed by atoms with Gasteiger partial charge in [0.1, 0.15) is 59.8 Å². The summed E-state index contributed by atoms with van der Waals surface area (Å²) in [5, 5.41) is 38.2. The van der Waals surface area contributed by atoms with Gasteiger partial charge in [0.15, 0.2) is 0 Å². The summed E-state index contributed by atoms with van der Waals surface area (Å²) in [5.74, 6) is -2.38. The summed E-state index contributed by atoms with van der Waals surface area (Å²) in [5.41, 5.74) is -0.101. The smallest absolute Gasteiger partial charge is 0.408 e. The molecule has 8 atom stereocenters. The second-order valence-electron chi connectivity index (χ2n) is 18.8. The average Bonchev–Trinajstić information content (AvgIpc) is 3.44. The molecule has 0 unspecified atom stereocenters. The van der Waals surface area contributed by atoms with Gasteiger partial charge in [-0.2, -0.15) is 0 Å². The van der Waals surface area contributed by atoms with Gasteiger partial charge in [0.2, 0.25) is 23.6 Å². The van der Waals surface area contributed by atoms with Gasteiger partial charge in [0.25, 0.3) is 0 Å². The van der Waals surface area contributed by atoms with E-state index < -0.39 is 95.6 Å². The molecular weight excluding hydrogens is 813 g/mol. The van der Waals surface area contributed by atoms with Crippen molar-refractivity contribution in [3.05, 3.63) is 71.8 Å². The predicted octanol–water partition coefficient (Wildman–Crippen LogP) is 3.04. The van der Waals surface area contributed by atoms with Crippen LogP contribution in [-0.4, -0.2) is 119 Å². The predicted molar refractivity (Wildman–Crippen MR) is 236 cm³/mol. The molecular formula is C46H70N6O11. The van der Waals surface area contributed by atoms with Gasteiger partial charge < -0.3 is 56.3 Å². The van der Waals surface area contributed by atoms with Gasteiger partial charge in [-0.05, 0) is 77.3 Å². The van der Waals surface area contributed by atoms with E-state index in [2.05, 4.69) is 31.9 Å². The Bertz CT molecular complexity index is 1670. The summed E-state index contributed by atoms with van der Waals surface area (Å²) in [6.45, 7) is 17.3. The minimum Gasteiger partial charge on any atom is -0.444 e. The molecule has 3 rings (SSSR count). The molecule has 2 aromatic carbocycles. The van der Waals surface area contributed by atoms with Crippen molar-refractivity contribution in [1.29, 1.82) is 0 Å². The minimum atomic E-state index is -1.46. The van der Waals surface area contributed by atoms with E-state index in [1.807, 2.05) is 39.8 Å². The van der Waals surface area contributed by atoms with E-state index in [4.69, 9.17) is 14.2 Å². The Hall–Kier alpha value is -5.26. The largest absolute Gasteiger partial charge is 0.444 e. The van der Waals surface area contributed by atoms with Gasteiger partial charge in [-0.1, -0.05) is 88.4 Å². The second-order valence-corrected chi connectivity index (χ2v) is 18.8. The lowest BCUT2D eigenvalue weighted by molar-refractivity contribution is -0.131. The van der Waals surface area contributed by atoms with Crippen LogP contribution in [0.3, 0.4) is 0 Å². The summed E-state index contributed by atoms with van der Waals surface area (Å²) in [4.78, 5) is 80.1. The molecule has 0 radical (unpaired) electrons. The molecule has 17 nitrogen and oxygen atoms in total. The molecule has 0 saturated carbocycles. The fourth-order valence-electron chi connectivity index (χ4n) is 6.78. The monoisotopic (exact) mass is 883 g/mol. The van der Waals surface area contributed by atoms with Crippen LogP contribution in [0.25, 0.3) is 0 Å². The Balaban J connectivity index is 1.70. The highest BCUT2D eigenvalue weighted by Gasteiger charge is 2.43. The number of hydrogen-bond donors (Lipinski definition) is 8. The lowest BCUT2D eigenvalue weighted by atomic mass is 10.0. The van der Waals surface area contributed by atoms with Gasteiger partial charge in [0.05, 0.1) is 0 Å². The Morgan fingerprint density at radius 1 is 0.540 bits per heavy atom. The lowest BCUT2D eigenvalue weighted by Gasteiger charge is -2.26. The number of alkyl carbamates (subject to hydrolysis) is 2. The Kier molecular flexibility index (Phi) is 19.8. The molecule has 0 aliphatic carbocycles. The SMILES string of the molecule is CC(C)C[C@H](NC(=O)OC(C)(C)C)C(=O)N[C@@H](Cc1ccccc1)C(=O)NC[C@@H]1O[C@@H](CNC(=O)[C@H](Cc2ccccc2)NC(=O)[C@H](CC(C)C)NC(=O)OC(C)(C)C)[C@@H](O)[C@@H]1O. The summed E-state index contributed by atoms with van der Waals surface area (Å²) in [6, 6.07) is 13.8. The van der Waals surface area contributed by atoms with Gasteiger partial charge in [0, 0.05) is 25.9 Å². The Morgan fingerprint density at radius 2 is 0.873 bits per heavy atom. The molecule has 1 heterocycles. The molecule has 0 spiro atoms. The number of aliphatic hydroxyl groups excluding tert-OH is 2. The zero-order chi connectivity index (χ0) is 47.1. The third kappa shape index (κ3) is 18.9. The molecule has 1 fully saturated rings. The normalized spacial score (nSPS) is 19.5. The highest BCUT2D eigenvalue weighted by Crippen LogP contribution is 2.21. The van der Waals surface area contributed by atoms with E-state index in [1.54, 1.807) is 90.1 Å². The van der Waals surface area contributed by atoms with Crippen LogP contribution < -0.4 is 31.9 Å². The molecule has 0 bridgehead atoms. The number of carbonyl (C=O) groups excluding carboxylic acids is 6. The summed E-state index contributed by atoms with van der Waals surface area (Å²) >= 11 is 0. The fourth-order valence-corrected chi connectivity index (χ4v) is 6.78. The molecule has 8 N–H and O–H groups in total. The number of aliphatic hydroxyl groups is 2. The fraction of sp³-hybridized carbons (Fsp3) is 0.609. The van der Waals surface area contributed by atoms with Crippen molar-refractivity contribution in [3.8, 4) is 0 Å². The van der Waals surface area contributed by atoms with E-state index in [9.17, 15) is 39.0 Å². The molecule has 2 aromatic rings. The van der Waals surface area contributed by atoms with E-state index in [-0.39, 0.29) is 50.6 Å². The molecule has 1 aliphatic rings. The quantitative estimate of drug-likeness (QED) is 0.0962. The zero-order valence-electron chi connectivity index (χ0n) is 38.4. The minimum absolute atomic E-state index is 0.00550. The van der Waals surface area contributed by atoms with Crippen molar-refractivity contribution in [3.63, 3.8) is 0 Å². The number of benzene rings is 2. The van der Waals surface area contributed by atoms with Crippen molar-refractivity contribution in [2.45, 2.75) is 155 Å². The number of carbonyl (C=O) groups is 6. The highest BCUT2D eigenvalue weighted by molar-refractivity contribution is 5.92. The average molecular weight is 883 g/mol. The molecule has 63 heavy (non-hydrogen) atoms. The number of nitrogens with one attached hydrogen (secondary N) is 6. The van der Waals surface area contributed by atoms with Crippen LogP contribution in [0.4, 0.5) is 9.59 Å². The first-order chi connectivity index (χ1) is 29.4. The van der Waals surface area contributed by atoms with Crippen molar-refractivity contribution >= 4 is 35.8 Å². The van der Waals surface area contributed by atoms with Crippen LogP contribution in [0, 0.1) is 11.8 Å². The zero-order valence-corrected chi connectivity index (χ0v) is 38.4. The third-order valence-corrected chi connectivity index (χ3v) is 9.68. The van der Waals surface area contributed by atoms with Crippen molar-refractivity contribution in [2.75, 3.05) is 13.1 Å². The molecule has 17 heteroatoms. The summed E-state index contributed by atoms with van der Waals surface area (Å²) < 4.78 is 16.7. The van der Waals surface area contributed by atoms with Gasteiger partial charge in [-0.25, -0.2) is 9.59 Å². The maximum absolute atomic E-state index is 13.8. The first kappa shape index (κ1) is 52.1.